The molecule has 1 saturated heterocycles. The van der Waals surface area contributed by atoms with Gasteiger partial charge in [0, 0.05) is 38.3 Å². The normalized spacial score (nSPS) is 17.9. The Hall–Kier alpha value is -1.13. The zero-order valence-electron chi connectivity index (χ0n) is 8.54. The van der Waals surface area contributed by atoms with Crippen molar-refractivity contribution in [1.82, 2.24) is 10.2 Å². The van der Waals surface area contributed by atoms with Crippen molar-refractivity contribution in [3.63, 3.8) is 0 Å². The summed E-state index contributed by atoms with van der Waals surface area (Å²) in [7, 11) is 0. The summed E-state index contributed by atoms with van der Waals surface area (Å²) < 4.78 is 13.0. The Bertz CT molecular complexity index is 337. The molecule has 82 valence electrons. The predicted molar refractivity (Wildman–Crippen MR) is 56.2 cm³/mol. The number of rotatable bonds is 2. The molecule has 1 aliphatic rings. The lowest BCUT2D eigenvalue weighted by molar-refractivity contribution is 0.230. The summed E-state index contributed by atoms with van der Waals surface area (Å²) in [4.78, 5) is 2.20. The molecule has 4 heteroatoms. The predicted octanol–water partition coefficient (Wildman–Crippen LogP) is 0.936. The van der Waals surface area contributed by atoms with Crippen molar-refractivity contribution in [3.8, 4) is 5.75 Å². The Morgan fingerprint density at radius 3 is 2.80 bits per heavy atom. The molecule has 3 nitrogen and oxygen atoms in total. The molecule has 15 heavy (non-hydrogen) atoms. The molecule has 1 aromatic carbocycles. The number of aromatic hydroxyl groups is 1. The Labute approximate surface area is 88.5 Å². The minimum Gasteiger partial charge on any atom is -0.508 e. The molecular weight excluding hydrogens is 195 g/mol. The molecular formula is C11H15FN2O. The standard InChI is InChI=1S/C11H15FN2O/c12-10-1-2-11(15)9(7-10)8-14-5-3-13-4-6-14/h1-2,7,13,15H,3-6,8H2. The largest absolute Gasteiger partial charge is 0.508 e. The molecule has 0 amide bonds. The smallest absolute Gasteiger partial charge is 0.123 e. The average molecular weight is 210 g/mol. The first kappa shape index (κ1) is 10.4. The maximum atomic E-state index is 13.0. The van der Waals surface area contributed by atoms with Gasteiger partial charge in [0.15, 0.2) is 0 Å². The van der Waals surface area contributed by atoms with Gasteiger partial charge in [-0.05, 0) is 18.2 Å². The number of hydrogen-bond acceptors (Lipinski definition) is 3. The van der Waals surface area contributed by atoms with Crippen LogP contribution in [-0.2, 0) is 6.54 Å². The highest BCUT2D eigenvalue weighted by Crippen LogP contribution is 2.19. The number of phenols is 1. The van der Waals surface area contributed by atoms with E-state index in [-0.39, 0.29) is 11.6 Å². The lowest BCUT2D eigenvalue weighted by atomic mass is 10.1. The fourth-order valence-corrected chi connectivity index (χ4v) is 1.79. The van der Waals surface area contributed by atoms with Gasteiger partial charge in [-0.1, -0.05) is 0 Å². The number of hydrogen-bond donors (Lipinski definition) is 2. The number of piperazine rings is 1. The fraction of sp³-hybridized carbons (Fsp3) is 0.455. The molecule has 0 spiro atoms. The third-order valence-corrected chi connectivity index (χ3v) is 2.65. The first-order valence-corrected chi connectivity index (χ1v) is 5.16. The van der Waals surface area contributed by atoms with Crippen LogP contribution in [0.3, 0.4) is 0 Å². The number of phenolic OH excluding ortho intramolecular Hbond substituents is 1. The highest BCUT2D eigenvalue weighted by molar-refractivity contribution is 5.32. The summed E-state index contributed by atoms with van der Waals surface area (Å²) in [5.41, 5.74) is 0.664. The summed E-state index contributed by atoms with van der Waals surface area (Å²) in [6, 6.07) is 4.08. The lowest BCUT2D eigenvalue weighted by Crippen LogP contribution is -2.42. The second-order valence-corrected chi connectivity index (χ2v) is 3.80. The van der Waals surface area contributed by atoms with E-state index in [1.165, 1.54) is 18.2 Å². The van der Waals surface area contributed by atoms with Crippen molar-refractivity contribution in [3.05, 3.63) is 29.6 Å². The fourth-order valence-electron chi connectivity index (χ4n) is 1.79. The second kappa shape index (κ2) is 4.59. The number of nitrogens with zero attached hydrogens (tertiary/aromatic N) is 1. The van der Waals surface area contributed by atoms with Gasteiger partial charge in [-0.25, -0.2) is 4.39 Å². The monoisotopic (exact) mass is 210 g/mol. The van der Waals surface area contributed by atoms with Crippen LogP contribution in [-0.4, -0.2) is 36.2 Å². The van der Waals surface area contributed by atoms with E-state index in [1.807, 2.05) is 0 Å². The Morgan fingerprint density at radius 2 is 2.07 bits per heavy atom. The van der Waals surface area contributed by atoms with Crippen LogP contribution in [0, 0.1) is 5.82 Å². The Kier molecular flexibility index (Phi) is 3.18. The maximum Gasteiger partial charge on any atom is 0.123 e. The van der Waals surface area contributed by atoms with Gasteiger partial charge in [0.2, 0.25) is 0 Å². The van der Waals surface area contributed by atoms with Gasteiger partial charge < -0.3 is 10.4 Å². The first-order chi connectivity index (χ1) is 7.25. The van der Waals surface area contributed by atoms with Crippen molar-refractivity contribution >= 4 is 0 Å². The van der Waals surface area contributed by atoms with Crippen molar-refractivity contribution in [1.29, 1.82) is 0 Å². The molecule has 2 rings (SSSR count). The van der Waals surface area contributed by atoms with Crippen LogP contribution in [0.15, 0.2) is 18.2 Å². The lowest BCUT2D eigenvalue weighted by Gasteiger charge is -2.27. The third-order valence-electron chi connectivity index (χ3n) is 2.65. The van der Waals surface area contributed by atoms with Crippen molar-refractivity contribution in [2.45, 2.75) is 6.54 Å². The van der Waals surface area contributed by atoms with Gasteiger partial charge in [-0.2, -0.15) is 0 Å². The van der Waals surface area contributed by atoms with Gasteiger partial charge in [0.05, 0.1) is 0 Å². The second-order valence-electron chi connectivity index (χ2n) is 3.80. The summed E-state index contributed by atoms with van der Waals surface area (Å²) in [5, 5.41) is 12.8. The number of nitrogens with one attached hydrogen (secondary N) is 1. The topological polar surface area (TPSA) is 35.5 Å². The van der Waals surface area contributed by atoms with Crippen LogP contribution in [0.1, 0.15) is 5.56 Å². The van der Waals surface area contributed by atoms with Crippen LogP contribution in [0.4, 0.5) is 4.39 Å². The van der Waals surface area contributed by atoms with E-state index in [1.54, 1.807) is 0 Å². The molecule has 0 atom stereocenters. The quantitative estimate of drug-likeness (QED) is 0.762. The van der Waals surface area contributed by atoms with Crippen LogP contribution < -0.4 is 5.32 Å². The minimum absolute atomic E-state index is 0.176. The van der Waals surface area contributed by atoms with E-state index >= 15 is 0 Å². The van der Waals surface area contributed by atoms with Crippen LogP contribution in [0.2, 0.25) is 0 Å². The SMILES string of the molecule is Oc1ccc(F)cc1CN1CCNCC1. The zero-order valence-corrected chi connectivity index (χ0v) is 8.54. The summed E-state index contributed by atoms with van der Waals surface area (Å²) >= 11 is 0. The van der Waals surface area contributed by atoms with E-state index in [0.29, 0.717) is 12.1 Å². The molecule has 1 aliphatic heterocycles. The van der Waals surface area contributed by atoms with Crippen LogP contribution >= 0.6 is 0 Å². The van der Waals surface area contributed by atoms with Crippen molar-refractivity contribution in [2.24, 2.45) is 0 Å². The van der Waals surface area contributed by atoms with E-state index in [9.17, 15) is 9.50 Å². The molecule has 0 aliphatic carbocycles. The molecule has 1 heterocycles. The molecule has 1 fully saturated rings. The Morgan fingerprint density at radius 1 is 1.33 bits per heavy atom. The third kappa shape index (κ3) is 2.67. The van der Waals surface area contributed by atoms with E-state index in [4.69, 9.17) is 0 Å². The van der Waals surface area contributed by atoms with E-state index < -0.39 is 0 Å². The molecule has 0 unspecified atom stereocenters. The molecule has 0 bridgehead atoms. The molecule has 0 aromatic heterocycles. The molecule has 2 N–H and O–H groups in total. The molecule has 0 saturated carbocycles. The van der Waals surface area contributed by atoms with Gasteiger partial charge in [0.1, 0.15) is 11.6 Å². The molecule has 1 aromatic rings. The van der Waals surface area contributed by atoms with E-state index in [2.05, 4.69) is 10.2 Å². The number of benzene rings is 1. The zero-order chi connectivity index (χ0) is 10.7. The number of halogens is 1. The van der Waals surface area contributed by atoms with Gasteiger partial charge >= 0.3 is 0 Å². The Balaban J connectivity index is 2.05. The van der Waals surface area contributed by atoms with Crippen molar-refractivity contribution < 1.29 is 9.50 Å². The summed E-state index contributed by atoms with van der Waals surface area (Å²) in [6.07, 6.45) is 0. The van der Waals surface area contributed by atoms with Crippen molar-refractivity contribution in [2.75, 3.05) is 26.2 Å². The van der Waals surface area contributed by atoms with Crippen LogP contribution in [0.5, 0.6) is 5.75 Å². The van der Waals surface area contributed by atoms with Crippen LogP contribution in [0.25, 0.3) is 0 Å². The highest BCUT2D eigenvalue weighted by atomic mass is 19.1. The maximum absolute atomic E-state index is 13.0. The van der Waals surface area contributed by atoms with E-state index in [0.717, 1.165) is 26.2 Å². The van der Waals surface area contributed by atoms with Gasteiger partial charge in [-0.3, -0.25) is 4.90 Å². The summed E-state index contributed by atoms with van der Waals surface area (Å²) in [5.74, 6) is -0.118. The first-order valence-electron chi connectivity index (χ1n) is 5.16. The van der Waals surface area contributed by atoms with Gasteiger partial charge in [0.25, 0.3) is 0 Å². The molecule has 0 radical (unpaired) electrons. The van der Waals surface area contributed by atoms with Gasteiger partial charge in [-0.15, -0.1) is 0 Å². The average Bonchev–Trinajstić information content (AvgIpc) is 2.25. The highest BCUT2D eigenvalue weighted by Gasteiger charge is 2.12. The minimum atomic E-state index is -0.294. The summed E-state index contributed by atoms with van der Waals surface area (Å²) in [6.45, 7) is 4.41.